The minimum Gasteiger partial charge on any atom is -0.454 e. The van der Waals surface area contributed by atoms with Crippen LogP contribution in [0.3, 0.4) is 0 Å². The Morgan fingerprint density at radius 2 is 1.86 bits per heavy atom. The molecule has 2 aromatic carbocycles. The third-order valence-corrected chi connectivity index (χ3v) is 5.67. The van der Waals surface area contributed by atoms with E-state index in [0.29, 0.717) is 23.1 Å². The lowest BCUT2D eigenvalue weighted by atomic mass is 9.98. The summed E-state index contributed by atoms with van der Waals surface area (Å²) >= 11 is 0. The Hall–Kier alpha value is -3.28. The Kier molecular flexibility index (Phi) is 4.08. The quantitative estimate of drug-likeness (QED) is 0.673. The van der Waals surface area contributed by atoms with Crippen molar-refractivity contribution in [3.63, 3.8) is 0 Å². The van der Waals surface area contributed by atoms with Gasteiger partial charge in [0.05, 0.1) is 11.1 Å². The molecule has 148 valence electrons. The van der Waals surface area contributed by atoms with E-state index in [9.17, 15) is 4.79 Å². The second-order valence-electron chi connectivity index (χ2n) is 7.92. The van der Waals surface area contributed by atoms with Crippen molar-refractivity contribution in [3.05, 3.63) is 59.8 Å². The van der Waals surface area contributed by atoms with E-state index < -0.39 is 5.41 Å². The standard InChI is InChI=1S/C23H22N2O4/c1-14(2)16-5-3-4-6-17(16)24-22(26)23(9-10-23)21-12-19(29-25-21)15-7-8-18-20(11-15)28-13-27-18/h3-8,11-12,14H,9-10,13H2,1-2H3,(H,24,26). The van der Waals surface area contributed by atoms with Gasteiger partial charge in [-0.15, -0.1) is 0 Å². The number of para-hydroxylation sites is 1. The molecule has 0 atom stereocenters. The summed E-state index contributed by atoms with van der Waals surface area (Å²) in [6, 6.07) is 15.4. The predicted octanol–water partition coefficient (Wildman–Crippen LogP) is 4.86. The van der Waals surface area contributed by atoms with Crippen LogP contribution >= 0.6 is 0 Å². The van der Waals surface area contributed by atoms with Crippen molar-refractivity contribution in [1.82, 2.24) is 5.16 Å². The first kappa shape index (κ1) is 17.8. The second kappa shape index (κ2) is 6.65. The molecule has 0 unspecified atom stereocenters. The molecule has 0 bridgehead atoms. The van der Waals surface area contributed by atoms with Crippen molar-refractivity contribution >= 4 is 11.6 Å². The minimum atomic E-state index is -0.623. The SMILES string of the molecule is CC(C)c1ccccc1NC(=O)C1(c2cc(-c3ccc4c(c3)OCO4)on2)CC1. The molecule has 29 heavy (non-hydrogen) atoms. The maximum Gasteiger partial charge on any atom is 0.236 e. The Labute approximate surface area is 168 Å². The fourth-order valence-corrected chi connectivity index (χ4v) is 3.77. The van der Waals surface area contributed by atoms with Crippen LogP contribution in [0, 0.1) is 0 Å². The zero-order chi connectivity index (χ0) is 20.0. The Morgan fingerprint density at radius 1 is 1.07 bits per heavy atom. The van der Waals surface area contributed by atoms with Gasteiger partial charge in [-0.3, -0.25) is 4.79 Å². The summed E-state index contributed by atoms with van der Waals surface area (Å²) in [5.41, 5.74) is 2.87. The number of nitrogens with zero attached hydrogens (tertiary/aromatic N) is 1. The number of anilines is 1. The van der Waals surface area contributed by atoms with Gasteiger partial charge in [0, 0.05) is 17.3 Å². The molecule has 3 aromatic rings. The monoisotopic (exact) mass is 390 g/mol. The van der Waals surface area contributed by atoms with E-state index in [1.165, 1.54) is 0 Å². The van der Waals surface area contributed by atoms with E-state index in [0.717, 1.165) is 35.4 Å². The molecule has 2 aliphatic rings. The number of nitrogens with one attached hydrogen (secondary N) is 1. The average molecular weight is 390 g/mol. The summed E-state index contributed by atoms with van der Waals surface area (Å²) in [4.78, 5) is 13.1. The summed E-state index contributed by atoms with van der Waals surface area (Å²) in [5, 5.41) is 7.35. The van der Waals surface area contributed by atoms with E-state index in [2.05, 4.69) is 24.3 Å². The zero-order valence-corrected chi connectivity index (χ0v) is 16.4. The Balaban J connectivity index is 1.40. The number of rotatable bonds is 5. The van der Waals surface area contributed by atoms with E-state index in [-0.39, 0.29) is 12.7 Å². The number of ether oxygens (including phenoxy) is 2. The van der Waals surface area contributed by atoms with Gasteiger partial charge in [-0.1, -0.05) is 37.2 Å². The van der Waals surface area contributed by atoms with Gasteiger partial charge in [0.25, 0.3) is 0 Å². The van der Waals surface area contributed by atoms with Crippen molar-refractivity contribution in [2.24, 2.45) is 0 Å². The van der Waals surface area contributed by atoms with Gasteiger partial charge in [-0.25, -0.2) is 0 Å². The summed E-state index contributed by atoms with van der Waals surface area (Å²) in [6.45, 7) is 4.46. The number of carbonyl (C=O) groups excluding carboxylic acids is 1. The zero-order valence-electron chi connectivity index (χ0n) is 16.4. The molecule has 5 rings (SSSR count). The van der Waals surface area contributed by atoms with Crippen LogP contribution in [0.2, 0.25) is 0 Å². The smallest absolute Gasteiger partial charge is 0.236 e. The van der Waals surface area contributed by atoms with Gasteiger partial charge in [0.1, 0.15) is 0 Å². The molecule has 2 heterocycles. The molecule has 6 heteroatoms. The third-order valence-electron chi connectivity index (χ3n) is 5.67. The molecule has 1 amide bonds. The van der Waals surface area contributed by atoms with E-state index in [1.807, 2.05) is 48.5 Å². The summed E-state index contributed by atoms with van der Waals surface area (Å²) in [7, 11) is 0. The predicted molar refractivity (Wildman–Crippen MR) is 108 cm³/mol. The van der Waals surface area contributed by atoms with E-state index in [1.54, 1.807) is 0 Å². The van der Waals surface area contributed by atoms with Gasteiger partial charge in [-0.2, -0.15) is 0 Å². The van der Waals surface area contributed by atoms with E-state index in [4.69, 9.17) is 14.0 Å². The molecule has 1 aliphatic carbocycles. The van der Waals surface area contributed by atoms with Gasteiger partial charge in [0.15, 0.2) is 17.3 Å². The summed E-state index contributed by atoms with van der Waals surface area (Å²) in [5.74, 6) is 2.31. The lowest BCUT2D eigenvalue weighted by Crippen LogP contribution is -2.28. The first-order chi connectivity index (χ1) is 14.1. The van der Waals surface area contributed by atoms with Crippen molar-refractivity contribution in [1.29, 1.82) is 0 Å². The van der Waals surface area contributed by atoms with Crippen LogP contribution < -0.4 is 14.8 Å². The molecule has 0 spiro atoms. The Morgan fingerprint density at radius 3 is 2.66 bits per heavy atom. The molecule has 1 aromatic heterocycles. The molecular weight excluding hydrogens is 368 g/mol. The summed E-state index contributed by atoms with van der Waals surface area (Å²) in [6.07, 6.45) is 1.52. The average Bonchev–Trinajstić information content (AvgIpc) is 3.16. The molecule has 1 aliphatic heterocycles. The first-order valence-electron chi connectivity index (χ1n) is 9.84. The third kappa shape index (κ3) is 3.05. The molecule has 0 saturated heterocycles. The van der Waals surface area contributed by atoms with Crippen molar-refractivity contribution < 1.29 is 18.8 Å². The van der Waals surface area contributed by atoms with Crippen LogP contribution in [0.15, 0.2) is 53.1 Å². The molecule has 1 N–H and O–H groups in total. The number of carbonyl (C=O) groups is 1. The van der Waals surface area contributed by atoms with Crippen LogP contribution in [-0.4, -0.2) is 17.9 Å². The van der Waals surface area contributed by atoms with Crippen molar-refractivity contribution in [2.45, 2.75) is 38.0 Å². The fraction of sp³-hybridized carbons (Fsp3) is 0.304. The van der Waals surface area contributed by atoms with Crippen LogP contribution in [-0.2, 0) is 10.2 Å². The normalized spacial score (nSPS) is 16.1. The maximum absolute atomic E-state index is 13.1. The lowest BCUT2D eigenvalue weighted by molar-refractivity contribution is -0.118. The van der Waals surface area contributed by atoms with Crippen LogP contribution in [0.5, 0.6) is 11.5 Å². The highest BCUT2D eigenvalue weighted by atomic mass is 16.7. The highest BCUT2D eigenvalue weighted by molar-refractivity contribution is 6.01. The first-order valence-corrected chi connectivity index (χ1v) is 9.84. The van der Waals surface area contributed by atoms with Crippen molar-refractivity contribution in [3.8, 4) is 22.8 Å². The molecule has 0 radical (unpaired) electrons. The van der Waals surface area contributed by atoms with E-state index >= 15 is 0 Å². The molecule has 6 nitrogen and oxygen atoms in total. The van der Waals surface area contributed by atoms with Gasteiger partial charge < -0.3 is 19.3 Å². The lowest BCUT2D eigenvalue weighted by Gasteiger charge is -2.17. The number of aromatic nitrogens is 1. The summed E-state index contributed by atoms with van der Waals surface area (Å²) < 4.78 is 16.4. The highest BCUT2D eigenvalue weighted by Gasteiger charge is 2.54. The largest absolute Gasteiger partial charge is 0.454 e. The van der Waals surface area contributed by atoms with Gasteiger partial charge in [0.2, 0.25) is 12.7 Å². The van der Waals surface area contributed by atoms with Crippen LogP contribution in [0.25, 0.3) is 11.3 Å². The molecule has 1 fully saturated rings. The maximum atomic E-state index is 13.1. The molecular formula is C23H22N2O4. The van der Waals surface area contributed by atoms with Crippen LogP contribution in [0.1, 0.15) is 43.9 Å². The van der Waals surface area contributed by atoms with Crippen molar-refractivity contribution in [2.75, 3.05) is 12.1 Å². The highest BCUT2D eigenvalue weighted by Crippen LogP contribution is 2.49. The Bertz CT molecular complexity index is 1080. The minimum absolute atomic E-state index is 0.0314. The van der Waals surface area contributed by atoms with Gasteiger partial charge >= 0.3 is 0 Å². The number of fused-ring (bicyclic) bond motifs is 1. The number of hydrogen-bond donors (Lipinski definition) is 1. The fourth-order valence-electron chi connectivity index (χ4n) is 3.77. The van der Waals surface area contributed by atoms with Crippen LogP contribution in [0.4, 0.5) is 5.69 Å². The second-order valence-corrected chi connectivity index (χ2v) is 7.92. The number of amides is 1. The molecule has 1 saturated carbocycles. The van der Waals surface area contributed by atoms with Gasteiger partial charge in [-0.05, 0) is 48.6 Å². The number of hydrogen-bond acceptors (Lipinski definition) is 5. The number of benzene rings is 2. The topological polar surface area (TPSA) is 73.6 Å².